The van der Waals surface area contributed by atoms with Crippen molar-refractivity contribution in [2.24, 2.45) is 0 Å². The Morgan fingerprint density at radius 1 is 1.45 bits per heavy atom. The van der Waals surface area contributed by atoms with Crippen molar-refractivity contribution in [3.63, 3.8) is 0 Å². The number of urea groups is 1. The minimum absolute atomic E-state index is 0.158. The number of hydrogen-bond donors (Lipinski definition) is 3. The molecule has 0 radical (unpaired) electrons. The molecule has 0 aromatic carbocycles. The number of carbonyl (C=O) groups is 1. The Labute approximate surface area is 134 Å². The van der Waals surface area contributed by atoms with Gasteiger partial charge in [0.15, 0.2) is 0 Å². The van der Waals surface area contributed by atoms with Crippen molar-refractivity contribution in [3.8, 4) is 0 Å². The molecule has 0 aliphatic rings. The molecular formula is C16H22N2O3S. The summed E-state index contributed by atoms with van der Waals surface area (Å²) in [5, 5.41) is 17.7. The van der Waals surface area contributed by atoms with Crippen molar-refractivity contribution in [1.82, 2.24) is 10.6 Å². The molecular weight excluding hydrogens is 300 g/mol. The summed E-state index contributed by atoms with van der Waals surface area (Å²) in [6.07, 6.45) is 2.18. The lowest BCUT2D eigenvalue weighted by atomic mass is 10.1. The average molecular weight is 322 g/mol. The van der Waals surface area contributed by atoms with Gasteiger partial charge in [0.2, 0.25) is 0 Å². The van der Waals surface area contributed by atoms with Crippen LogP contribution < -0.4 is 10.6 Å². The summed E-state index contributed by atoms with van der Waals surface area (Å²) < 4.78 is 5.15. The van der Waals surface area contributed by atoms with Gasteiger partial charge in [0.05, 0.1) is 12.8 Å². The predicted octanol–water partition coefficient (Wildman–Crippen LogP) is 3.21. The van der Waals surface area contributed by atoms with Gasteiger partial charge >= 0.3 is 6.03 Å². The summed E-state index contributed by atoms with van der Waals surface area (Å²) in [5.74, 6) is 0.514. The van der Waals surface area contributed by atoms with Gasteiger partial charge in [-0.05, 0) is 42.5 Å². The first-order valence-electron chi connectivity index (χ1n) is 7.41. The fourth-order valence-corrected chi connectivity index (χ4v) is 3.18. The molecule has 120 valence electrons. The molecule has 0 bridgehead atoms. The molecule has 0 saturated carbocycles. The predicted molar refractivity (Wildman–Crippen MR) is 86.8 cm³/mol. The first kappa shape index (κ1) is 16.6. The molecule has 6 heteroatoms. The van der Waals surface area contributed by atoms with Gasteiger partial charge < -0.3 is 20.2 Å². The van der Waals surface area contributed by atoms with Crippen LogP contribution in [0.25, 0.3) is 0 Å². The van der Waals surface area contributed by atoms with Gasteiger partial charge in [-0.25, -0.2) is 4.79 Å². The van der Waals surface area contributed by atoms with Gasteiger partial charge in [-0.1, -0.05) is 6.92 Å². The summed E-state index contributed by atoms with van der Waals surface area (Å²) in [6, 6.07) is 5.15. The number of amides is 2. The Kier molecular flexibility index (Phi) is 6.03. The van der Waals surface area contributed by atoms with Crippen molar-refractivity contribution in [3.05, 3.63) is 46.0 Å². The number of aliphatic hydroxyl groups excluding tert-OH is 1. The van der Waals surface area contributed by atoms with E-state index in [1.165, 1.54) is 16.7 Å². The van der Waals surface area contributed by atoms with E-state index >= 15 is 0 Å². The normalized spacial score (nSPS) is 13.6. The summed E-state index contributed by atoms with van der Waals surface area (Å²) in [7, 11) is 0. The highest BCUT2D eigenvalue weighted by atomic mass is 32.1. The van der Waals surface area contributed by atoms with Crippen LogP contribution in [0, 0.1) is 0 Å². The monoisotopic (exact) mass is 322 g/mol. The van der Waals surface area contributed by atoms with Crippen molar-refractivity contribution in [1.29, 1.82) is 0 Å². The van der Waals surface area contributed by atoms with Crippen LogP contribution in [-0.4, -0.2) is 17.2 Å². The highest BCUT2D eigenvalue weighted by Crippen LogP contribution is 2.19. The second-order valence-corrected chi connectivity index (χ2v) is 6.22. The number of hydrogen-bond acceptors (Lipinski definition) is 4. The minimum Gasteiger partial charge on any atom is -0.467 e. The van der Waals surface area contributed by atoms with Crippen molar-refractivity contribution in [2.75, 3.05) is 0 Å². The van der Waals surface area contributed by atoms with E-state index < -0.39 is 6.10 Å². The first-order valence-corrected chi connectivity index (χ1v) is 8.29. The Hall–Kier alpha value is -1.79. The van der Waals surface area contributed by atoms with Crippen LogP contribution >= 0.6 is 11.3 Å². The molecule has 2 heterocycles. The first-order chi connectivity index (χ1) is 10.6. The fraction of sp³-hybridized carbons (Fsp3) is 0.438. The van der Waals surface area contributed by atoms with Crippen molar-refractivity contribution >= 4 is 17.4 Å². The van der Waals surface area contributed by atoms with Crippen molar-refractivity contribution in [2.45, 2.75) is 45.4 Å². The minimum atomic E-state index is -0.714. The molecule has 2 rings (SSSR count). The Morgan fingerprint density at radius 3 is 2.95 bits per heavy atom. The average Bonchev–Trinajstić information content (AvgIpc) is 3.15. The maximum absolute atomic E-state index is 11.9. The van der Waals surface area contributed by atoms with E-state index in [9.17, 15) is 9.90 Å². The molecule has 5 nitrogen and oxygen atoms in total. The lowest BCUT2D eigenvalue weighted by molar-refractivity contribution is 0.129. The topological polar surface area (TPSA) is 74.5 Å². The molecule has 2 aromatic heterocycles. The second-order valence-electron chi connectivity index (χ2n) is 5.22. The third-order valence-corrected chi connectivity index (χ3v) is 4.42. The fourth-order valence-electron chi connectivity index (χ4n) is 2.26. The summed E-state index contributed by atoms with van der Waals surface area (Å²) >= 11 is 1.65. The summed E-state index contributed by atoms with van der Waals surface area (Å²) in [4.78, 5) is 13.1. The molecule has 0 aliphatic carbocycles. The lowest BCUT2D eigenvalue weighted by Crippen LogP contribution is -2.41. The molecule has 3 N–H and O–H groups in total. The van der Waals surface area contributed by atoms with Crippen LogP contribution in [0.5, 0.6) is 0 Å². The van der Waals surface area contributed by atoms with E-state index in [0.29, 0.717) is 18.7 Å². The molecule has 2 aromatic rings. The molecule has 2 amide bonds. The van der Waals surface area contributed by atoms with Crippen LogP contribution in [0.15, 0.2) is 34.3 Å². The maximum Gasteiger partial charge on any atom is 0.315 e. The Morgan fingerprint density at radius 2 is 2.27 bits per heavy atom. The number of carbonyl (C=O) groups excluding carboxylic acids is 1. The van der Waals surface area contributed by atoms with Crippen LogP contribution in [0.3, 0.4) is 0 Å². The number of thiophene rings is 1. The third kappa shape index (κ3) is 4.61. The smallest absolute Gasteiger partial charge is 0.315 e. The summed E-state index contributed by atoms with van der Waals surface area (Å²) in [5.41, 5.74) is 1.27. The van der Waals surface area contributed by atoms with Gasteiger partial charge in [0.25, 0.3) is 0 Å². The van der Waals surface area contributed by atoms with Gasteiger partial charge in [0, 0.05) is 17.3 Å². The molecule has 22 heavy (non-hydrogen) atoms. The van der Waals surface area contributed by atoms with Crippen LogP contribution in [-0.2, 0) is 13.0 Å². The lowest BCUT2D eigenvalue weighted by Gasteiger charge is -2.17. The van der Waals surface area contributed by atoms with Crippen LogP contribution in [0.4, 0.5) is 4.79 Å². The van der Waals surface area contributed by atoms with E-state index in [4.69, 9.17) is 4.42 Å². The maximum atomic E-state index is 11.9. The van der Waals surface area contributed by atoms with Gasteiger partial charge in [-0.15, -0.1) is 11.3 Å². The number of aliphatic hydroxyl groups is 1. The van der Waals surface area contributed by atoms with E-state index in [2.05, 4.69) is 23.6 Å². The third-order valence-electron chi connectivity index (χ3n) is 3.45. The number of nitrogens with one attached hydrogen (secondary N) is 2. The zero-order valence-electron chi connectivity index (χ0n) is 12.8. The van der Waals surface area contributed by atoms with Crippen LogP contribution in [0.2, 0.25) is 0 Å². The zero-order chi connectivity index (χ0) is 15.9. The van der Waals surface area contributed by atoms with Gasteiger partial charge in [-0.3, -0.25) is 0 Å². The van der Waals surface area contributed by atoms with E-state index in [1.807, 2.05) is 12.3 Å². The highest BCUT2D eigenvalue weighted by Gasteiger charge is 2.16. The molecule has 0 unspecified atom stereocenters. The second kappa shape index (κ2) is 8.00. The van der Waals surface area contributed by atoms with E-state index in [0.717, 1.165) is 6.42 Å². The standard InChI is InChI=1S/C16H22N2O3S/c1-3-12-6-8-22-15(12)10-17-16(20)18-11(2)9-13(19)14-5-4-7-21-14/h4-8,11,13,19H,3,9-10H2,1-2H3,(H2,17,18,20)/t11-,13+/m1/s1. The van der Waals surface area contributed by atoms with Crippen LogP contribution in [0.1, 0.15) is 42.6 Å². The molecule has 0 aliphatic heterocycles. The number of rotatable bonds is 7. The van der Waals surface area contributed by atoms with Crippen molar-refractivity contribution < 1.29 is 14.3 Å². The Bertz CT molecular complexity index is 580. The molecule has 0 spiro atoms. The number of aryl methyl sites for hydroxylation is 1. The molecule has 2 atom stereocenters. The van der Waals surface area contributed by atoms with E-state index in [-0.39, 0.29) is 12.1 Å². The Balaban J connectivity index is 1.74. The zero-order valence-corrected chi connectivity index (χ0v) is 13.7. The quantitative estimate of drug-likeness (QED) is 0.733. The van der Waals surface area contributed by atoms with Gasteiger partial charge in [0.1, 0.15) is 11.9 Å². The summed E-state index contributed by atoms with van der Waals surface area (Å²) in [6.45, 7) is 4.48. The SMILES string of the molecule is CCc1ccsc1CNC(=O)N[C@H](C)C[C@H](O)c1ccco1. The van der Waals surface area contributed by atoms with Gasteiger partial charge in [-0.2, -0.15) is 0 Å². The molecule has 0 fully saturated rings. The number of furan rings is 1. The largest absolute Gasteiger partial charge is 0.467 e. The highest BCUT2D eigenvalue weighted by molar-refractivity contribution is 7.10. The van der Waals surface area contributed by atoms with E-state index in [1.54, 1.807) is 23.5 Å². The molecule has 0 saturated heterocycles.